The van der Waals surface area contributed by atoms with Crippen molar-refractivity contribution in [3.63, 3.8) is 0 Å². The summed E-state index contributed by atoms with van der Waals surface area (Å²) in [5.41, 5.74) is 0.904. The van der Waals surface area contributed by atoms with Gasteiger partial charge in [-0.15, -0.1) is 0 Å². The van der Waals surface area contributed by atoms with Gasteiger partial charge in [0.2, 0.25) is 0 Å². The van der Waals surface area contributed by atoms with Crippen molar-refractivity contribution in [3.8, 4) is 0 Å². The molecule has 2 atom stereocenters. The van der Waals surface area contributed by atoms with Gasteiger partial charge in [0.15, 0.2) is 0 Å². The number of rotatable bonds is 4. The molecular weight excluding hydrogens is 233 g/mol. The van der Waals surface area contributed by atoms with Crippen LogP contribution >= 0.6 is 8.03 Å². The Morgan fingerprint density at radius 3 is 2.41 bits per heavy atom. The van der Waals surface area contributed by atoms with Gasteiger partial charge >= 0.3 is 8.03 Å². The van der Waals surface area contributed by atoms with Crippen molar-refractivity contribution in [2.45, 2.75) is 43.9 Å². The molecule has 3 nitrogen and oxygen atoms in total. The molecule has 0 heterocycles. The lowest BCUT2D eigenvalue weighted by Crippen LogP contribution is -2.33. The maximum absolute atomic E-state index is 11.5. The highest BCUT2D eigenvalue weighted by atomic mass is 31.1. The molecule has 2 rings (SSSR count). The summed E-state index contributed by atoms with van der Waals surface area (Å²) in [6, 6.07) is 9.94. The minimum absolute atomic E-state index is 0.389. The van der Waals surface area contributed by atoms with Crippen LogP contribution in [-0.2, 0) is 4.57 Å². The lowest BCUT2D eigenvalue weighted by molar-refractivity contribution is 0.357. The Balaban J connectivity index is 2.05. The molecule has 0 aromatic heterocycles. The van der Waals surface area contributed by atoms with E-state index in [-0.39, 0.29) is 0 Å². The molecule has 1 aliphatic rings. The number of hydrogen-bond donors (Lipinski definition) is 2. The third kappa shape index (κ3) is 3.60. The zero-order valence-electron chi connectivity index (χ0n) is 9.88. The Morgan fingerprint density at radius 1 is 1.18 bits per heavy atom. The molecule has 17 heavy (non-hydrogen) atoms. The van der Waals surface area contributed by atoms with Crippen LogP contribution in [0.2, 0.25) is 0 Å². The molecule has 1 saturated carbocycles. The molecule has 1 aliphatic carbocycles. The second-order valence-electron chi connectivity index (χ2n) is 4.62. The minimum Gasteiger partial charge on any atom is -0.264 e. The van der Waals surface area contributed by atoms with Crippen LogP contribution in [0, 0.1) is 0 Å². The Hall–Kier alpha value is -0.760. The van der Waals surface area contributed by atoms with Crippen LogP contribution in [-0.4, -0.2) is 10.9 Å². The molecular formula is C13H19NO2P+. The molecule has 1 fully saturated rings. The van der Waals surface area contributed by atoms with Crippen LogP contribution in [0.3, 0.4) is 0 Å². The second-order valence-corrected chi connectivity index (χ2v) is 5.74. The van der Waals surface area contributed by atoms with Gasteiger partial charge < -0.3 is 0 Å². The van der Waals surface area contributed by atoms with Gasteiger partial charge in [0, 0.05) is 11.6 Å². The van der Waals surface area contributed by atoms with E-state index in [9.17, 15) is 9.46 Å². The van der Waals surface area contributed by atoms with Crippen LogP contribution < -0.4 is 5.32 Å². The van der Waals surface area contributed by atoms with E-state index in [1.807, 2.05) is 30.3 Å². The number of benzene rings is 1. The minimum atomic E-state index is -2.23. The third-order valence-corrected chi connectivity index (χ3v) is 4.22. The van der Waals surface area contributed by atoms with E-state index in [4.69, 9.17) is 0 Å². The maximum Gasteiger partial charge on any atom is 0.529 e. The van der Waals surface area contributed by atoms with Crippen LogP contribution in [0.4, 0.5) is 0 Å². The normalized spacial score (nSPS) is 19.9. The van der Waals surface area contributed by atoms with E-state index in [1.165, 1.54) is 19.3 Å². The fraction of sp³-hybridized carbons (Fsp3) is 0.538. The smallest absolute Gasteiger partial charge is 0.264 e. The first-order valence-corrected chi connectivity index (χ1v) is 7.52. The summed E-state index contributed by atoms with van der Waals surface area (Å²) >= 11 is 0. The van der Waals surface area contributed by atoms with Crippen molar-refractivity contribution < 1.29 is 9.46 Å². The van der Waals surface area contributed by atoms with Crippen molar-refractivity contribution >= 4 is 8.03 Å². The molecule has 1 aromatic carbocycles. The van der Waals surface area contributed by atoms with Crippen molar-refractivity contribution in [2.24, 2.45) is 0 Å². The molecule has 4 heteroatoms. The van der Waals surface area contributed by atoms with Gasteiger partial charge in [0.25, 0.3) is 5.78 Å². The Kier molecular flexibility index (Phi) is 4.66. The van der Waals surface area contributed by atoms with Gasteiger partial charge in [-0.25, -0.2) is 0 Å². The highest BCUT2D eigenvalue weighted by molar-refractivity contribution is 7.38. The molecule has 0 saturated heterocycles. The van der Waals surface area contributed by atoms with Crippen LogP contribution in [0.25, 0.3) is 0 Å². The summed E-state index contributed by atoms with van der Waals surface area (Å²) in [6.07, 6.45) is 5.97. The third-order valence-electron chi connectivity index (χ3n) is 3.33. The van der Waals surface area contributed by atoms with Gasteiger partial charge in [-0.05, 0) is 17.4 Å². The number of hydrogen-bond acceptors (Lipinski definition) is 2. The summed E-state index contributed by atoms with van der Waals surface area (Å²) in [6.45, 7) is 0. The SMILES string of the molecule is O=[P+](O)C(NC1CCCCC1)c1ccccc1. The summed E-state index contributed by atoms with van der Waals surface area (Å²) in [7, 11) is -2.23. The highest BCUT2D eigenvalue weighted by Crippen LogP contribution is 2.36. The maximum atomic E-state index is 11.5. The molecule has 0 aliphatic heterocycles. The fourth-order valence-corrected chi connectivity index (χ4v) is 3.18. The van der Waals surface area contributed by atoms with E-state index in [1.54, 1.807) is 0 Å². The van der Waals surface area contributed by atoms with Gasteiger partial charge in [0.1, 0.15) is 0 Å². The molecule has 0 amide bonds. The van der Waals surface area contributed by atoms with Crippen molar-refractivity contribution in [3.05, 3.63) is 35.9 Å². The average molecular weight is 252 g/mol. The van der Waals surface area contributed by atoms with Gasteiger partial charge in [0.05, 0.1) is 0 Å². The summed E-state index contributed by atoms with van der Waals surface area (Å²) in [4.78, 5) is 9.44. The fourth-order valence-electron chi connectivity index (χ4n) is 2.42. The van der Waals surface area contributed by atoms with Crippen molar-refractivity contribution in [1.82, 2.24) is 5.32 Å². The molecule has 0 radical (unpaired) electrons. The summed E-state index contributed by atoms with van der Waals surface area (Å²) in [5, 5.41) is 3.34. The second kappa shape index (κ2) is 6.25. The van der Waals surface area contributed by atoms with Crippen molar-refractivity contribution in [2.75, 3.05) is 0 Å². The van der Waals surface area contributed by atoms with E-state index >= 15 is 0 Å². The topological polar surface area (TPSA) is 49.3 Å². The molecule has 92 valence electrons. The monoisotopic (exact) mass is 252 g/mol. The lowest BCUT2D eigenvalue weighted by Gasteiger charge is -2.23. The van der Waals surface area contributed by atoms with E-state index < -0.39 is 13.8 Å². The molecule has 2 unspecified atom stereocenters. The predicted molar refractivity (Wildman–Crippen MR) is 69.0 cm³/mol. The average Bonchev–Trinajstić information content (AvgIpc) is 2.38. The van der Waals surface area contributed by atoms with E-state index in [0.29, 0.717) is 6.04 Å². The van der Waals surface area contributed by atoms with Gasteiger partial charge in [-0.3, -0.25) is 5.32 Å². The first-order chi connectivity index (χ1) is 8.27. The standard InChI is InChI=1S/C13H18NO2P/c15-17(16)13(11-7-3-1-4-8-11)14-12-9-5-2-6-10-12/h1,3-4,7-8,12-14H,2,5-6,9-10H2/p+1. The molecule has 0 bridgehead atoms. The lowest BCUT2D eigenvalue weighted by atomic mass is 9.95. The van der Waals surface area contributed by atoms with E-state index in [2.05, 4.69) is 5.32 Å². The van der Waals surface area contributed by atoms with Gasteiger partial charge in [-0.2, -0.15) is 4.89 Å². The Morgan fingerprint density at radius 2 is 1.82 bits per heavy atom. The van der Waals surface area contributed by atoms with Crippen LogP contribution in [0.15, 0.2) is 30.3 Å². The number of nitrogens with one attached hydrogen (secondary N) is 1. The molecule has 1 aromatic rings. The quantitative estimate of drug-likeness (QED) is 0.808. The highest BCUT2D eigenvalue weighted by Gasteiger charge is 2.33. The Bertz CT molecular complexity index is 363. The summed E-state index contributed by atoms with van der Waals surface area (Å²) in [5.74, 6) is -0.422. The molecule has 2 N–H and O–H groups in total. The van der Waals surface area contributed by atoms with Gasteiger partial charge in [-0.1, -0.05) is 49.6 Å². The first-order valence-electron chi connectivity index (χ1n) is 6.23. The largest absolute Gasteiger partial charge is 0.529 e. The summed E-state index contributed by atoms with van der Waals surface area (Å²) < 4.78 is 11.5. The predicted octanol–water partition coefficient (Wildman–Crippen LogP) is 3.34. The Labute approximate surface area is 103 Å². The zero-order valence-corrected chi connectivity index (χ0v) is 10.8. The van der Waals surface area contributed by atoms with Crippen LogP contribution in [0.5, 0.6) is 0 Å². The van der Waals surface area contributed by atoms with Crippen LogP contribution in [0.1, 0.15) is 43.5 Å². The zero-order chi connectivity index (χ0) is 12.1. The van der Waals surface area contributed by atoms with E-state index in [0.717, 1.165) is 18.4 Å². The van der Waals surface area contributed by atoms with Crippen molar-refractivity contribution in [1.29, 1.82) is 0 Å². The molecule has 0 spiro atoms. The first kappa shape index (κ1) is 12.7.